The Kier molecular flexibility index (Phi) is 1.51. The Bertz CT molecular complexity index is 400. The van der Waals surface area contributed by atoms with Gasteiger partial charge in [0.05, 0.1) is 4.91 Å². The second-order valence-electron chi connectivity index (χ2n) is 2.81. The van der Waals surface area contributed by atoms with Gasteiger partial charge in [-0.3, -0.25) is 0 Å². The smallest absolute Gasteiger partial charge is 0.398 e. The van der Waals surface area contributed by atoms with E-state index in [1.54, 1.807) is 18.2 Å². The maximum atomic E-state index is 11.3. The zero-order valence-electron chi connectivity index (χ0n) is 6.78. The van der Waals surface area contributed by atoms with Crippen molar-refractivity contribution in [1.29, 1.82) is 0 Å². The van der Waals surface area contributed by atoms with E-state index < -0.39 is 5.91 Å². The first-order valence-electron chi connectivity index (χ1n) is 3.82. The summed E-state index contributed by atoms with van der Waals surface area (Å²) in [5, 5.41) is 0. The summed E-state index contributed by atoms with van der Waals surface area (Å²) < 4.78 is 0. The topological polar surface area (TPSA) is 75.2 Å². The average Bonchev–Trinajstić information content (AvgIpc) is 2.12. The van der Waals surface area contributed by atoms with Crippen LogP contribution in [0.5, 0.6) is 0 Å². The maximum Gasteiger partial charge on any atom is 0.497 e. The van der Waals surface area contributed by atoms with Crippen LogP contribution in [0.1, 0.15) is 15.9 Å². The number of rotatable bonds is 0. The molecule has 0 fully saturated rings. The molecule has 0 spiro atoms. The highest BCUT2D eigenvalue weighted by atomic mass is 16.3. The van der Waals surface area contributed by atoms with Gasteiger partial charge < -0.3 is 5.73 Å². The molecule has 0 radical (unpaired) electrons. The molecule has 5 heteroatoms. The highest BCUT2D eigenvalue weighted by Gasteiger charge is 2.33. The molecule has 0 aromatic heterocycles. The van der Waals surface area contributed by atoms with Gasteiger partial charge in [-0.05, 0) is 12.1 Å². The second-order valence-corrected chi connectivity index (χ2v) is 2.81. The third-order valence-corrected chi connectivity index (χ3v) is 2.03. The van der Waals surface area contributed by atoms with Crippen molar-refractivity contribution in [3.05, 3.63) is 34.2 Å². The summed E-state index contributed by atoms with van der Waals surface area (Å²) in [4.78, 5) is 22.4. The van der Waals surface area contributed by atoms with E-state index in [-0.39, 0.29) is 4.87 Å². The highest BCUT2D eigenvalue weighted by molar-refractivity contribution is 5.91. The molecule has 2 rings (SSSR count). The van der Waals surface area contributed by atoms with E-state index in [0.29, 0.717) is 23.4 Å². The fourth-order valence-corrected chi connectivity index (χ4v) is 1.33. The lowest BCUT2D eigenvalue weighted by molar-refractivity contribution is -0.519. The Labute approximate surface area is 74.1 Å². The zero-order valence-corrected chi connectivity index (χ0v) is 6.78. The normalized spacial score (nSPS) is 15.1. The van der Waals surface area contributed by atoms with Crippen LogP contribution >= 0.6 is 0 Å². The van der Waals surface area contributed by atoms with E-state index >= 15 is 0 Å². The molecule has 1 amide bonds. The van der Waals surface area contributed by atoms with E-state index in [0.717, 1.165) is 0 Å². The van der Waals surface area contributed by atoms with Crippen molar-refractivity contribution < 1.29 is 9.66 Å². The van der Waals surface area contributed by atoms with E-state index in [1.807, 2.05) is 0 Å². The number of nitroso groups, excluding NO2 is 1. The highest BCUT2D eigenvalue weighted by Crippen LogP contribution is 2.19. The summed E-state index contributed by atoms with van der Waals surface area (Å²) in [6.45, 7) is 0.303. The molecule has 5 nitrogen and oxygen atoms in total. The molecular weight excluding hydrogens is 170 g/mol. The SMILES string of the molecule is Nc1cccc2c1CN[N+](=O)C2=O. The van der Waals surface area contributed by atoms with E-state index in [1.165, 1.54) is 0 Å². The van der Waals surface area contributed by atoms with Crippen molar-refractivity contribution in [3.63, 3.8) is 0 Å². The van der Waals surface area contributed by atoms with Gasteiger partial charge in [-0.25, -0.2) is 4.79 Å². The fourth-order valence-electron chi connectivity index (χ4n) is 1.33. The number of benzene rings is 1. The molecule has 13 heavy (non-hydrogen) atoms. The first-order valence-corrected chi connectivity index (χ1v) is 3.82. The van der Waals surface area contributed by atoms with Gasteiger partial charge in [-0.2, -0.15) is 0 Å². The number of carbonyl (C=O) groups excluding carboxylic acids is 1. The Balaban J connectivity index is 2.62. The molecule has 0 aliphatic carbocycles. The first kappa shape index (κ1) is 7.72. The van der Waals surface area contributed by atoms with Crippen LogP contribution in [0.2, 0.25) is 0 Å². The predicted molar refractivity (Wildman–Crippen MR) is 45.7 cm³/mol. The summed E-state index contributed by atoms with van der Waals surface area (Å²) in [5.41, 5.74) is 9.62. The van der Waals surface area contributed by atoms with Crippen LogP contribution in [-0.4, -0.2) is 10.8 Å². The number of hydrogen-bond donors (Lipinski definition) is 2. The lowest BCUT2D eigenvalue weighted by atomic mass is 10.0. The lowest BCUT2D eigenvalue weighted by Crippen LogP contribution is -2.37. The number of hydrogen-bond acceptors (Lipinski definition) is 3. The number of nitrogen functional groups attached to an aromatic ring is 1. The lowest BCUT2D eigenvalue weighted by Gasteiger charge is -2.10. The molecule has 0 saturated carbocycles. The predicted octanol–water partition coefficient (Wildman–Crippen LogP) is 0.206. The van der Waals surface area contributed by atoms with Gasteiger partial charge in [0.1, 0.15) is 12.1 Å². The van der Waals surface area contributed by atoms with Gasteiger partial charge in [-0.15, -0.1) is 5.43 Å². The zero-order chi connectivity index (χ0) is 9.42. The average molecular weight is 178 g/mol. The molecule has 0 saturated heterocycles. The fraction of sp³-hybridized carbons (Fsp3) is 0.125. The van der Waals surface area contributed by atoms with Crippen LogP contribution in [0.4, 0.5) is 5.69 Å². The summed E-state index contributed by atoms with van der Waals surface area (Å²) in [6.07, 6.45) is 0. The van der Waals surface area contributed by atoms with Crippen LogP contribution in [-0.2, 0) is 6.54 Å². The van der Waals surface area contributed by atoms with Gasteiger partial charge in [-0.1, -0.05) is 6.07 Å². The van der Waals surface area contributed by atoms with Gasteiger partial charge in [0.2, 0.25) is 4.87 Å². The van der Waals surface area contributed by atoms with E-state index in [4.69, 9.17) is 5.73 Å². The number of hydrazine groups is 1. The minimum Gasteiger partial charge on any atom is -0.398 e. The number of fused-ring (bicyclic) bond motifs is 1. The minimum absolute atomic E-state index is 0.224. The third kappa shape index (κ3) is 1.05. The Hall–Kier alpha value is -1.91. The molecule has 0 atom stereocenters. The molecule has 1 heterocycles. The van der Waals surface area contributed by atoms with Crippen LogP contribution < -0.4 is 11.2 Å². The summed E-state index contributed by atoms with van der Waals surface area (Å²) >= 11 is 0. The molecular formula is C8H8N3O2+. The van der Waals surface area contributed by atoms with Gasteiger partial charge in [0, 0.05) is 11.3 Å². The van der Waals surface area contributed by atoms with Crippen LogP contribution in [0.3, 0.4) is 0 Å². The summed E-state index contributed by atoms with van der Waals surface area (Å²) in [5.74, 6) is -0.589. The number of amides is 1. The largest absolute Gasteiger partial charge is 0.497 e. The van der Waals surface area contributed by atoms with Crippen LogP contribution in [0, 0.1) is 4.91 Å². The van der Waals surface area contributed by atoms with Gasteiger partial charge in [0.15, 0.2) is 0 Å². The van der Waals surface area contributed by atoms with Crippen molar-refractivity contribution in [2.75, 3.05) is 5.73 Å². The molecule has 0 unspecified atom stereocenters. The van der Waals surface area contributed by atoms with Crippen molar-refractivity contribution in [1.82, 2.24) is 5.43 Å². The molecule has 1 aliphatic rings. The number of nitrogens with one attached hydrogen (secondary N) is 1. The monoisotopic (exact) mass is 178 g/mol. The molecule has 66 valence electrons. The second kappa shape index (κ2) is 2.55. The third-order valence-electron chi connectivity index (χ3n) is 2.03. The van der Waals surface area contributed by atoms with Crippen molar-refractivity contribution in [2.24, 2.45) is 0 Å². The van der Waals surface area contributed by atoms with Crippen molar-refractivity contribution in [2.45, 2.75) is 6.54 Å². The molecule has 0 bridgehead atoms. The Morgan fingerprint density at radius 1 is 1.46 bits per heavy atom. The Morgan fingerprint density at radius 2 is 2.23 bits per heavy atom. The number of carbonyl (C=O) groups is 1. The first-order chi connectivity index (χ1) is 6.20. The quantitative estimate of drug-likeness (QED) is 0.439. The minimum atomic E-state index is -0.589. The van der Waals surface area contributed by atoms with E-state index in [2.05, 4.69) is 5.43 Å². The van der Waals surface area contributed by atoms with Gasteiger partial charge in [0.25, 0.3) is 0 Å². The standard InChI is InChI=1S/C8H8N3O2/c9-7-3-1-2-5-6(7)4-10-11(13)8(5)12/h1-3H,4,9H2,(H,10,13)/q+1. The van der Waals surface area contributed by atoms with Crippen molar-refractivity contribution in [3.8, 4) is 0 Å². The van der Waals surface area contributed by atoms with E-state index in [9.17, 15) is 9.70 Å². The number of nitrogens with zero attached hydrogens (tertiary/aromatic N) is 1. The maximum absolute atomic E-state index is 11.3. The molecule has 1 aromatic rings. The molecule has 3 N–H and O–H groups in total. The van der Waals surface area contributed by atoms with Crippen molar-refractivity contribution >= 4 is 11.6 Å². The number of anilines is 1. The summed E-state index contributed by atoms with van der Waals surface area (Å²) in [6, 6.07) is 4.96. The molecule has 1 aromatic carbocycles. The van der Waals surface area contributed by atoms with Gasteiger partial charge >= 0.3 is 5.91 Å². The number of nitrogens with two attached hydrogens (primary N) is 1. The Morgan fingerprint density at radius 3 is 3.00 bits per heavy atom. The van der Waals surface area contributed by atoms with Crippen LogP contribution in [0.25, 0.3) is 0 Å². The summed E-state index contributed by atoms with van der Waals surface area (Å²) in [7, 11) is 0. The molecule has 1 aliphatic heterocycles. The van der Waals surface area contributed by atoms with Crippen LogP contribution in [0.15, 0.2) is 18.2 Å².